The lowest BCUT2D eigenvalue weighted by Crippen LogP contribution is -2.41. The van der Waals surface area contributed by atoms with Crippen LogP contribution in [0.15, 0.2) is 48.5 Å². The largest absolute Gasteiger partial charge is 0.347 e. The SMILES string of the molecule is CC(C)(NC(=O)Cc1ccccc1F)c1cccc(Cl)c1. The van der Waals surface area contributed by atoms with Gasteiger partial charge in [0.15, 0.2) is 0 Å². The van der Waals surface area contributed by atoms with E-state index in [0.717, 1.165) is 5.56 Å². The van der Waals surface area contributed by atoms with Gasteiger partial charge in [-0.05, 0) is 43.2 Å². The van der Waals surface area contributed by atoms with Crippen LogP contribution in [0.25, 0.3) is 0 Å². The van der Waals surface area contributed by atoms with E-state index in [0.29, 0.717) is 10.6 Å². The molecule has 0 unspecified atom stereocenters. The van der Waals surface area contributed by atoms with Gasteiger partial charge in [0.05, 0.1) is 12.0 Å². The first-order valence-electron chi connectivity index (χ1n) is 6.69. The molecule has 21 heavy (non-hydrogen) atoms. The molecule has 0 aromatic heterocycles. The molecule has 0 fully saturated rings. The van der Waals surface area contributed by atoms with Gasteiger partial charge in [-0.1, -0.05) is 41.9 Å². The Bertz CT molecular complexity index is 655. The van der Waals surface area contributed by atoms with Crippen LogP contribution >= 0.6 is 11.6 Å². The number of hydrogen-bond acceptors (Lipinski definition) is 1. The summed E-state index contributed by atoms with van der Waals surface area (Å²) in [5, 5.41) is 3.53. The Morgan fingerprint density at radius 2 is 1.90 bits per heavy atom. The maximum absolute atomic E-state index is 13.6. The molecule has 2 rings (SSSR count). The molecular formula is C17H17ClFNO. The summed E-state index contributed by atoms with van der Waals surface area (Å²) in [4.78, 5) is 12.1. The van der Waals surface area contributed by atoms with Gasteiger partial charge in [0.1, 0.15) is 5.82 Å². The smallest absolute Gasteiger partial charge is 0.225 e. The van der Waals surface area contributed by atoms with Crippen molar-refractivity contribution in [2.75, 3.05) is 0 Å². The van der Waals surface area contributed by atoms with Crippen molar-refractivity contribution in [3.05, 3.63) is 70.5 Å². The molecule has 0 atom stereocenters. The predicted molar refractivity (Wildman–Crippen MR) is 82.7 cm³/mol. The molecule has 1 amide bonds. The molecule has 110 valence electrons. The lowest BCUT2D eigenvalue weighted by atomic mass is 9.94. The van der Waals surface area contributed by atoms with Crippen LogP contribution in [0.4, 0.5) is 4.39 Å². The van der Waals surface area contributed by atoms with Crippen LogP contribution in [-0.4, -0.2) is 5.91 Å². The summed E-state index contributed by atoms with van der Waals surface area (Å²) in [5.74, 6) is -0.599. The lowest BCUT2D eigenvalue weighted by molar-refractivity contribution is -0.122. The van der Waals surface area contributed by atoms with Gasteiger partial charge >= 0.3 is 0 Å². The second-order valence-electron chi connectivity index (χ2n) is 5.45. The van der Waals surface area contributed by atoms with Crippen LogP contribution in [-0.2, 0) is 16.8 Å². The van der Waals surface area contributed by atoms with Crippen molar-refractivity contribution < 1.29 is 9.18 Å². The molecule has 2 nitrogen and oxygen atoms in total. The highest BCUT2D eigenvalue weighted by molar-refractivity contribution is 6.30. The van der Waals surface area contributed by atoms with Crippen LogP contribution in [0.2, 0.25) is 5.02 Å². The molecule has 1 N–H and O–H groups in total. The Labute approximate surface area is 128 Å². The highest BCUT2D eigenvalue weighted by Gasteiger charge is 2.23. The summed E-state index contributed by atoms with van der Waals surface area (Å²) in [6.07, 6.45) is 0.0106. The molecule has 0 aliphatic heterocycles. The first-order valence-corrected chi connectivity index (χ1v) is 7.07. The molecular weight excluding hydrogens is 289 g/mol. The maximum Gasteiger partial charge on any atom is 0.225 e. The van der Waals surface area contributed by atoms with E-state index in [-0.39, 0.29) is 18.1 Å². The molecule has 0 saturated heterocycles. The van der Waals surface area contributed by atoms with Crippen molar-refractivity contribution in [1.82, 2.24) is 5.32 Å². The van der Waals surface area contributed by atoms with Crippen molar-refractivity contribution in [1.29, 1.82) is 0 Å². The van der Waals surface area contributed by atoms with Crippen molar-refractivity contribution in [3.8, 4) is 0 Å². The zero-order valence-corrected chi connectivity index (χ0v) is 12.7. The van der Waals surface area contributed by atoms with Gasteiger partial charge in [-0.25, -0.2) is 4.39 Å². The lowest BCUT2D eigenvalue weighted by Gasteiger charge is -2.27. The zero-order chi connectivity index (χ0) is 15.5. The molecule has 0 bridgehead atoms. The third-order valence-corrected chi connectivity index (χ3v) is 3.54. The van der Waals surface area contributed by atoms with Crippen molar-refractivity contribution >= 4 is 17.5 Å². The normalized spacial score (nSPS) is 11.2. The van der Waals surface area contributed by atoms with Crippen LogP contribution in [0, 0.1) is 5.82 Å². The summed E-state index contributed by atoms with van der Waals surface area (Å²) < 4.78 is 13.6. The van der Waals surface area contributed by atoms with Crippen LogP contribution in [0.1, 0.15) is 25.0 Å². The topological polar surface area (TPSA) is 29.1 Å². The molecule has 2 aromatic carbocycles. The second-order valence-corrected chi connectivity index (χ2v) is 5.89. The van der Waals surface area contributed by atoms with Crippen LogP contribution < -0.4 is 5.32 Å². The molecule has 0 aliphatic rings. The Morgan fingerprint density at radius 3 is 2.57 bits per heavy atom. The highest BCUT2D eigenvalue weighted by atomic mass is 35.5. The van der Waals surface area contributed by atoms with Gasteiger partial charge in [0.2, 0.25) is 5.91 Å². The fourth-order valence-electron chi connectivity index (χ4n) is 2.16. The number of amides is 1. The minimum absolute atomic E-state index is 0.0106. The van der Waals surface area contributed by atoms with E-state index in [4.69, 9.17) is 11.6 Å². The average Bonchev–Trinajstić information content (AvgIpc) is 2.41. The predicted octanol–water partition coefficient (Wildman–Crippen LogP) is 4.07. The summed E-state index contributed by atoms with van der Waals surface area (Å²) in [6, 6.07) is 13.6. The van der Waals surface area contributed by atoms with Gasteiger partial charge < -0.3 is 5.32 Å². The number of carbonyl (C=O) groups is 1. The van der Waals surface area contributed by atoms with E-state index in [1.165, 1.54) is 6.07 Å². The molecule has 0 aliphatic carbocycles. The molecule has 0 heterocycles. The van der Waals surface area contributed by atoms with E-state index in [2.05, 4.69) is 5.32 Å². The van der Waals surface area contributed by atoms with E-state index >= 15 is 0 Å². The summed E-state index contributed by atoms with van der Waals surface area (Å²) in [7, 11) is 0. The molecule has 0 radical (unpaired) electrons. The van der Waals surface area contributed by atoms with Crippen molar-refractivity contribution in [2.24, 2.45) is 0 Å². The maximum atomic E-state index is 13.6. The number of benzene rings is 2. The summed E-state index contributed by atoms with van der Waals surface area (Å²) in [6.45, 7) is 3.77. The van der Waals surface area contributed by atoms with Crippen molar-refractivity contribution in [3.63, 3.8) is 0 Å². The van der Waals surface area contributed by atoms with Gasteiger partial charge in [0.25, 0.3) is 0 Å². The molecule has 0 saturated carbocycles. The fraction of sp³-hybridized carbons (Fsp3) is 0.235. The average molecular weight is 306 g/mol. The third-order valence-electron chi connectivity index (χ3n) is 3.31. The minimum Gasteiger partial charge on any atom is -0.347 e. The van der Waals surface area contributed by atoms with Gasteiger partial charge in [-0.15, -0.1) is 0 Å². The number of hydrogen-bond donors (Lipinski definition) is 1. The van der Waals surface area contributed by atoms with Crippen LogP contribution in [0.5, 0.6) is 0 Å². The summed E-state index contributed by atoms with van der Waals surface area (Å²) >= 11 is 5.98. The number of nitrogens with one attached hydrogen (secondary N) is 1. The number of carbonyl (C=O) groups excluding carboxylic acids is 1. The third kappa shape index (κ3) is 4.05. The van der Waals surface area contributed by atoms with E-state index < -0.39 is 5.54 Å². The Hall–Kier alpha value is -1.87. The monoisotopic (exact) mass is 305 g/mol. The molecule has 0 spiro atoms. The highest BCUT2D eigenvalue weighted by Crippen LogP contribution is 2.23. The van der Waals surface area contributed by atoms with E-state index in [1.54, 1.807) is 24.3 Å². The van der Waals surface area contributed by atoms with E-state index in [9.17, 15) is 9.18 Å². The first kappa shape index (κ1) is 15.5. The second kappa shape index (κ2) is 6.27. The minimum atomic E-state index is -0.576. The number of halogens is 2. The zero-order valence-electron chi connectivity index (χ0n) is 12.0. The molecule has 4 heteroatoms. The Kier molecular flexibility index (Phi) is 4.63. The van der Waals surface area contributed by atoms with Gasteiger partial charge in [0, 0.05) is 5.02 Å². The van der Waals surface area contributed by atoms with E-state index in [1.807, 2.05) is 32.0 Å². The quantitative estimate of drug-likeness (QED) is 0.906. The fourth-order valence-corrected chi connectivity index (χ4v) is 2.35. The summed E-state index contributed by atoms with van der Waals surface area (Å²) in [5.41, 5.74) is 0.710. The van der Waals surface area contributed by atoms with Crippen molar-refractivity contribution in [2.45, 2.75) is 25.8 Å². The van der Waals surface area contributed by atoms with Gasteiger partial charge in [-0.3, -0.25) is 4.79 Å². The Morgan fingerprint density at radius 1 is 1.19 bits per heavy atom. The Balaban J connectivity index is 2.10. The number of rotatable bonds is 4. The van der Waals surface area contributed by atoms with Crippen LogP contribution in [0.3, 0.4) is 0 Å². The van der Waals surface area contributed by atoms with Gasteiger partial charge in [-0.2, -0.15) is 0 Å². The first-order chi connectivity index (χ1) is 9.88. The molecule has 2 aromatic rings. The standard InChI is InChI=1S/C17H17ClFNO/c1-17(2,13-7-5-8-14(18)11-13)20-16(21)10-12-6-3-4-9-15(12)19/h3-9,11H,10H2,1-2H3,(H,20,21).